The van der Waals surface area contributed by atoms with E-state index in [9.17, 15) is 9.59 Å². The van der Waals surface area contributed by atoms with E-state index in [0.717, 1.165) is 37.9 Å². The maximum atomic E-state index is 12.8. The molecule has 1 saturated carbocycles. The molecule has 2 fully saturated rings. The number of carbonyl (C=O) groups excluding carboxylic acids is 2. The summed E-state index contributed by atoms with van der Waals surface area (Å²) >= 11 is 0. The van der Waals surface area contributed by atoms with E-state index in [1.54, 1.807) is 4.90 Å². The van der Waals surface area contributed by atoms with E-state index in [0.29, 0.717) is 6.54 Å². The summed E-state index contributed by atoms with van der Waals surface area (Å²) in [6, 6.07) is 9.75. The first-order valence-electron chi connectivity index (χ1n) is 7.92. The van der Waals surface area contributed by atoms with Crippen molar-refractivity contribution in [3.05, 3.63) is 35.9 Å². The van der Waals surface area contributed by atoms with E-state index in [1.165, 1.54) is 0 Å². The molecule has 1 aliphatic heterocycles. The zero-order chi connectivity index (χ0) is 15.6. The van der Waals surface area contributed by atoms with Gasteiger partial charge in [-0.2, -0.15) is 0 Å². The second-order valence-corrected chi connectivity index (χ2v) is 6.52. The molecule has 1 aromatic rings. The normalized spacial score (nSPS) is 21.3. The average Bonchev–Trinajstić information content (AvgIpc) is 3.20. The summed E-state index contributed by atoms with van der Waals surface area (Å²) < 4.78 is 0. The van der Waals surface area contributed by atoms with Gasteiger partial charge >= 0.3 is 0 Å². The lowest BCUT2D eigenvalue weighted by Crippen LogP contribution is -2.40. The molecule has 5 nitrogen and oxygen atoms in total. The highest BCUT2D eigenvalue weighted by Crippen LogP contribution is 2.59. The van der Waals surface area contributed by atoms with Crippen LogP contribution in [0.1, 0.15) is 24.8 Å². The highest BCUT2D eigenvalue weighted by atomic mass is 35.5. The quantitative estimate of drug-likeness (QED) is 0.850. The number of benzene rings is 1. The van der Waals surface area contributed by atoms with E-state index in [1.807, 2.05) is 30.3 Å². The molecule has 0 bridgehead atoms. The predicted molar refractivity (Wildman–Crippen MR) is 90.9 cm³/mol. The summed E-state index contributed by atoms with van der Waals surface area (Å²) in [6.45, 7) is 2.42. The van der Waals surface area contributed by atoms with Crippen molar-refractivity contribution in [3.63, 3.8) is 0 Å². The molecule has 1 aromatic carbocycles. The molecule has 6 heteroatoms. The van der Waals surface area contributed by atoms with Crippen LogP contribution in [-0.4, -0.2) is 36.3 Å². The van der Waals surface area contributed by atoms with Gasteiger partial charge in [0.25, 0.3) is 0 Å². The van der Waals surface area contributed by atoms with Gasteiger partial charge in [0.1, 0.15) is 0 Å². The molecule has 23 heavy (non-hydrogen) atoms. The number of primary amides is 1. The number of amides is 2. The Labute approximate surface area is 143 Å². The van der Waals surface area contributed by atoms with Gasteiger partial charge in [0.2, 0.25) is 11.8 Å². The Balaban J connectivity index is 0.00000192. The van der Waals surface area contributed by atoms with Gasteiger partial charge in [-0.3, -0.25) is 9.59 Å². The fourth-order valence-electron chi connectivity index (χ4n) is 3.60. The second-order valence-electron chi connectivity index (χ2n) is 6.52. The highest BCUT2D eigenvalue weighted by Gasteiger charge is 2.58. The number of hydrogen-bond acceptors (Lipinski definition) is 3. The number of piperidine rings is 1. The Morgan fingerprint density at radius 3 is 2.48 bits per heavy atom. The lowest BCUT2D eigenvalue weighted by molar-refractivity contribution is -0.137. The molecule has 1 unspecified atom stereocenters. The highest BCUT2D eigenvalue weighted by molar-refractivity contribution is 5.87. The third kappa shape index (κ3) is 4.03. The van der Waals surface area contributed by atoms with Crippen LogP contribution in [0.25, 0.3) is 0 Å². The summed E-state index contributed by atoms with van der Waals surface area (Å²) in [5.41, 5.74) is 6.53. The van der Waals surface area contributed by atoms with Gasteiger partial charge in [0, 0.05) is 12.5 Å². The molecule has 3 rings (SSSR count). The van der Waals surface area contributed by atoms with Crippen molar-refractivity contribution in [2.24, 2.45) is 17.1 Å². The van der Waals surface area contributed by atoms with Crippen molar-refractivity contribution in [1.82, 2.24) is 10.2 Å². The summed E-state index contributed by atoms with van der Waals surface area (Å²) in [7, 11) is 0. The zero-order valence-corrected chi connectivity index (χ0v) is 14.0. The van der Waals surface area contributed by atoms with Crippen molar-refractivity contribution in [2.45, 2.75) is 25.8 Å². The van der Waals surface area contributed by atoms with E-state index < -0.39 is 5.91 Å². The minimum atomic E-state index is -0.454. The molecule has 1 saturated heterocycles. The third-order valence-electron chi connectivity index (χ3n) is 4.96. The third-order valence-corrected chi connectivity index (χ3v) is 4.96. The van der Waals surface area contributed by atoms with E-state index >= 15 is 0 Å². The summed E-state index contributed by atoms with van der Waals surface area (Å²) in [5, 5.41) is 3.34. The largest absolute Gasteiger partial charge is 0.368 e. The van der Waals surface area contributed by atoms with Crippen molar-refractivity contribution >= 4 is 24.2 Å². The molecule has 0 radical (unpaired) electrons. The molecule has 0 aromatic heterocycles. The first-order chi connectivity index (χ1) is 10.6. The molecule has 1 aliphatic carbocycles. The van der Waals surface area contributed by atoms with Crippen LogP contribution in [0, 0.1) is 11.3 Å². The number of nitrogens with zero attached hydrogens (tertiary/aromatic N) is 1. The number of rotatable bonds is 5. The lowest BCUT2D eigenvalue weighted by Gasteiger charge is -2.26. The van der Waals surface area contributed by atoms with Crippen LogP contribution in [0.2, 0.25) is 0 Å². The number of hydrogen-bond donors (Lipinski definition) is 2. The van der Waals surface area contributed by atoms with E-state index in [2.05, 4.69) is 5.32 Å². The van der Waals surface area contributed by atoms with Crippen LogP contribution < -0.4 is 11.1 Å². The predicted octanol–water partition coefficient (Wildman–Crippen LogP) is 1.31. The zero-order valence-electron chi connectivity index (χ0n) is 13.2. The van der Waals surface area contributed by atoms with Crippen LogP contribution >= 0.6 is 12.4 Å². The van der Waals surface area contributed by atoms with Crippen molar-refractivity contribution in [2.75, 3.05) is 19.6 Å². The standard InChI is InChI=1S/C17H23N3O2.ClH/c18-15(21)12-20(11-13-4-2-1-3-5-13)16(22)14-10-17(14)6-8-19-9-7-17;/h1-5,14,19H,6-12H2,(H2,18,21);1H. The van der Waals surface area contributed by atoms with Crippen LogP contribution in [0.4, 0.5) is 0 Å². The first kappa shape index (κ1) is 17.8. The van der Waals surface area contributed by atoms with Crippen LogP contribution in [0.5, 0.6) is 0 Å². The van der Waals surface area contributed by atoms with Crippen molar-refractivity contribution < 1.29 is 9.59 Å². The Kier molecular flexibility index (Phi) is 5.65. The Hall–Kier alpha value is -1.59. The molecule has 1 spiro atoms. The number of halogens is 1. The molecule has 1 heterocycles. The van der Waals surface area contributed by atoms with Gasteiger partial charge in [0.05, 0.1) is 6.54 Å². The maximum absolute atomic E-state index is 12.8. The van der Waals surface area contributed by atoms with Crippen LogP contribution in [-0.2, 0) is 16.1 Å². The van der Waals surface area contributed by atoms with Crippen molar-refractivity contribution in [3.8, 4) is 0 Å². The number of carbonyl (C=O) groups is 2. The molecular formula is C17H24ClN3O2. The topological polar surface area (TPSA) is 75.4 Å². The molecule has 1 atom stereocenters. The minimum absolute atomic E-state index is 0. The van der Waals surface area contributed by atoms with Gasteiger partial charge in [-0.05, 0) is 43.3 Å². The van der Waals surface area contributed by atoms with E-state index in [4.69, 9.17) is 5.73 Å². The molecule has 126 valence electrons. The average molecular weight is 338 g/mol. The molecular weight excluding hydrogens is 314 g/mol. The fraction of sp³-hybridized carbons (Fsp3) is 0.529. The van der Waals surface area contributed by atoms with Gasteiger partial charge in [-0.15, -0.1) is 12.4 Å². The minimum Gasteiger partial charge on any atom is -0.368 e. The Morgan fingerprint density at radius 2 is 1.87 bits per heavy atom. The van der Waals surface area contributed by atoms with Crippen molar-refractivity contribution in [1.29, 1.82) is 0 Å². The first-order valence-corrected chi connectivity index (χ1v) is 7.92. The van der Waals surface area contributed by atoms with Gasteiger partial charge in [0.15, 0.2) is 0 Å². The number of nitrogens with one attached hydrogen (secondary N) is 1. The molecule has 2 amide bonds. The fourth-order valence-corrected chi connectivity index (χ4v) is 3.60. The van der Waals surface area contributed by atoms with Crippen LogP contribution in [0.15, 0.2) is 30.3 Å². The van der Waals surface area contributed by atoms with Gasteiger partial charge < -0.3 is 16.0 Å². The molecule has 3 N–H and O–H groups in total. The monoisotopic (exact) mass is 337 g/mol. The Bertz CT molecular complexity index is 558. The smallest absolute Gasteiger partial charge is 0.237 e. The number of nitrogens with two attached hydrogens (primary N) is 1. The van der Waals surface area contributed by atoms with E-state index in [-0.39, 0.29) is 36.2 Å². The SMILES string of the molecule is Cl.NC(=O)CN(Cc1ccccc1)C(=O)C1CC12CCNCC2. The molecule has 2 aliphatic rings. The summed E-state index contributed by atoms with van der Waals surface area (Å²) in [6.07, 6.45) is 3.07. The second kappa shape index (κ2) is 7.32. The summed E-state index contributed by atoms with van der Waals surface area (Å²) in [5.74, 6) is -0.300. The van der Waals surface area contributed by atoms with Gasteiger partial charge in [-0.1, -0.05) is 30.3 Å². The van der Waals surface area contributed by atoms with Gasteiger partial charge in [-0.25, -0.2) is 0 Å². The summed E-state index contributed by atoms with van der Waals surface area (Å²) in [4.78, 5) is 25.8. The van der Waals surface area contributed by atoms with Crippen LogP contribution in [0.3, 0.4) is 0 Å². The Morgan fingerprint density at radius 1 is 1.22 bits per heavy atom. The lowest BCUT2D eigenvalue weighted by atomic mass is 9.91. The maximum Gasteiger partial charge on any atom is 0.237 e.